The lowest BCUT2D eigenvalue weighted by Gasteiger charge is -2.12. The van der Waals surface area contributed by atoms with Gasteiger partial charge in [0.05, 0.1) is 19.6 Å². The van der Waals surface area contributed by atoms with Crippen molar-refractivity contribution in [3.05, 3.63) is 59.0 Å². The highest BCUT2D eigenvalue weighted by atomic mass is 16.6. The van der Waals surface area contributed by atoms with Crippen molar-refractivity contribution in [2.24, 2.45) is 0 Å². The van der Waals surface area contributed by atoms with Crippen LogP contribution in [0.3, 0.4) is 0 Å². The Balaban J connectivity index is 1.88. The molecule has 0 saturated heterocycles. The summed E-state index contributed by atoms with van der Waals surface area (Å²) in [6.45, 7) is 1.57. The molecule has 27 heavy (non-hydrogen) atoms. The second-order valence-corrected chi connectivity index (χ2v) is 5.65. The zero-order valence-electron chi connectivity index (χ0n) is 15.1. The van der Waals surface area contributed by atoms with Crippen LogP contribution in [0.2, 0.25) is 0 Å². The lowest BCUT2D eigenvalue weighted by molar-refractivity contribution is -0.147. The van der Waals surface area contributed by atoms with Crippen molar-refractivity contribution in [2.75, 3.05) is 14.2 Å². The van der Waals surface area contributed by atoms with E-state index >= 15 is 0 Å². The molecule has 0 radical (unpaired) electrons. The minimum absolute atomic E-state index is 0.0485. The summed E-state index contributed by atoms with van der Waals surface area (Å²) in [6, 6.07) is 11.6. The fourth-order valence-electron chi connectivity index (χ4n) is 2.44. The largest absolute Gasteiger partial charge is 0.497 e. The fraction of sp³-hybridized carbons (Fsp3) is 0.200. The van der Waals surface area contributed by atoms with E-state index in [0.717, 1.165) is 0 Å². The molecule has 7 nitrogen and oxygen atoms in total. The van der Waals surface area contributed by atoms with Crippen molar-refractivity contribution in [3.8, 4) is 23.0 Å². The Morgan fingerprint density at radius 3 is 2.56 bits per heavy atom. The first-order valence-corrected chi connectivity index (χ1v) is 8.13. The Morgan fingerprint density at radius 1 is 1.04 bits per heavy atom. The van der Waals surface area contributed by atoms with Crippen LogP contribution in [0.25, 0.3) is 11.0 Å². The van der Waals surface area contributed by atoms with Crippen molar-refractivity contribution < 1.29 is 28.2 Å². The van der Waals surface area contributed by atoms with Gasteiger partial charge in [-0.2, -0.15) is 0 Å². The van der Waals surface area contributed by atoms with Gasteiger partial charge < -0.3 is 23.4 Å². The number of methoxy groups -OCH3 is 2. The van der Waals surface area contributed by atoms with Gasteiger partial charge >= 0.3 is 5.97 Å². The lowest BCUT2D eigenvalue weighted by atomic mass is 10.2. The highest BCUT2D eigenvalue weighted by Gasteiger charge is 2.16. The minimum Gasteiger partial charge on any atom is -0.497 e. The molecule has 0 N–H and O–H groups in total. The maximum atomic E-state index is 12.6. The molecule has 0 aliphatic carbocycles. The molecule has 0 aliphatic rings. The number of ether oxygens (including phenoxy) is 4. The molecule has 1 aromatic heterocycles. The number of esters is 1. The Bertz CT molecular complexity index is 1020. The van der Waals surface area contributed by atoms with Crippen LogP contribution in [0.15, 0.2) is 57.9 Å². The lowest BCUT2D eigenvalue weighted by Crippen LogP contribution is -2.24. The predicted molar refractivity (Wildman–Crippen MR) is 97.7 cm³/mol. The predicted octanol–water partition coefficient (Wildman–Crippen LogP) is 3.53. The molecule has 3 aromatic rings. The van der Waals surface area contributed by atoms with Crippen molar-refractivity contribution in [1.29, 1.82) is 0 Å². The van der Waals surface area contributed by atoms with Crippen LogP contribution in [-0.2, 0) is 9.53 Å². The smallest absolute Gasteiger partial charge is 0.346 e. The maximum Gasteiger partial charge on any atom is 0.346 e. The minimum atomic E-state index is -0.783. The summed E-state index contributed by atoms with van der Waals surface area (Å²) >= 11 is 0. The van der Waals surface area contributed by atoms with Gasteiger partial charge in [0.25, 0.3) is 0 Å². The average molecular weight is 370 g/mol. The van der Waals surface area contributed by atoms with Crippen LogP contribution >= 0.6 is 0 Å². The van der Waals surface area contributed by atoms with Gasteiger partial charge in [-0.15, -0.1) is 0 Å². The molecular formula is C20H18O7. The molecule has 0 amide bonds. The molecule has 1 heterocycles. The highest BCUT2D eigenvalue weighted by molar-refractivity contribution is 5.79. The number of carbonyl (C=O) groups is 1. The molecule has 0 aliphatic heterocycles. The monoisotopic (exact) mass is 370 g/mol. The fourth-order valence-corrected chi connectivity index (χ4v) is 2.44. The first kappa shape index (κ1) is 18.3. The molecule has 0 bridgehead atoms. The summed E-state index contributed by atoms with van der Waals surface area (Å²) in [5, 5.41) is 0.327. The van der Waals surface area contributed by atoms with Gasteiger partial charge in [0.1, 0.15) is 29.1 Å². The van der Waals surface area contributed by atoms with E-state index in [1.54, 1.807) is 50.4 Å². The number of benzene rings is 2. The SMILES string of the molecule is COC(=O)[C@H](C)Oc1ccc2c(=O)c(Oc3cccc(OC)c3)coc2c1. The van der Waals surface area contributed by atoms with Crippen molar-refractivity contribution >= 4 is 16.9 Å². The molecule has 1 atom stereocenters. The van der Waals surface area contributed by atoms with Gasteiger partial charge in [0.2, 0.25) is 11.2 Å². The number of fused-ring (bicyclic) bond motifs is 1. The molecule has 0 saturated carbocycles. The van der Waals surface area contributed by atoms with Crippen LogP contribution < -0.4 is 19.6 Å². The zero-order chi connectivity index (χ0) is 19.4. The van der Waals surface area contributed by atoms with E-state index in [1.165, 1.54) is 19.4 Å². The van der Waals surface area contributed by atoms with Crippen LogP contribution in [0, 0.1) is 0 Å². The molecule has 0 spiro atoms. The molecule has 0 fully saturated rings. The van der Waals surface area contributed by atoms with E-state index in [4.69, 9.17) is 18.6 Å². The Hall–Kier alpha value is -3.48. The normalized spacial score (nSPS) is 11.7. The Labute approximate surface area is 155 Å². The zero-order valence-corrected chi connectivity index (χ0v) is 15.1. The van der Waals surface area contributed by atoms with Gasteiger partial charge in [-0.25, -0.2) is 4.79 Å². The number of hydrogen-bond donors (Lipinski definition) is 0. The first-order valence-electron chi connectivity index (χ1n) is 8.13. The number of rotatable bonds is 6. The van der Waals surface area contributed by atoms with Crippen LogP contribution in [-0.4, -0.2) is 26.3 Å². The van der Waals surface area contributed by atoms with E-state index < -0.39 is 12.1 Å². The Kier molecular flexibility index (Phi) is 5.30. The van der Waals surface area contributed by atoms with Crippen LogP contribution in [0.4, 0.5) is 0 Å². The van der Waals surface area contributed by atoms with Crippen molar-refractivity contribution in [1.82, 2.24) is 0 Å². The number of hydrogen-bond acceptors (Lipinski definition) is 7. The second-order valence-electron chi connectivity index (χ2n) is 5.65. The number of carbonyl (C=O) groups excluding carboxylic acids is 1. The molecule has 2 aromatic carbocycles. The van der Waals surface area contributed by atoms with Gasteiger partial charge in [0, 0.05) is 12.1 Å². The summed E-state index contributed by atoms with van der Waals surface area (Å²) in [5.74, 6) is 0.989. The molecular weight excluding hydrogens is 352 g/mol. The topological polar surface area (TPSA) is 84.2 Å². The molecule has 3 rings (SSSR count). The molecule has 7 heteroatoms. The summed E-state index contributed by atoms with van der Waals surface area (Å²) in [6.07, 6.45) is 0.451. The average Bonchev–Trinajstić information content (AvgIpc) is 2.69. The van der Waals surface area contributed by atoms with Gasteiger partial charge in [-0.1, -0.05) is 6.07 Å². The van der Waals surface area contributed by atoms with Gasteiger partial charge in [-0.3, -0.25) is 4.79 Å². The van der Waals surface area contributed by atoms with Crippen LogP contribution in [0.1, 0.15) is 6.92 Å². The summed E-state index contributed by atoms with van der Waals surface area (Å²) < 4.78 is 26.4. The standard InChI is InChI=1S/C20H18O7/c1-12(20(22)24-3)26-15-7-8-16-17(10-15)25-11-18(19(16)21)27-14-6-4-5-13(9-14)23-2/h4-12H,1-3H3/t12-/m0/s1. The molecule has 0 unspecified atom stereocenters. The van der Waals surface area contributed by atoms with E-state index in [0.29, 0.717) is 28.2 Å². The van der Waals surface area contributed by atoms with Crippen molar-refractivity contribution in [2.45, 2.75) is 13.0 Å². The van der Waals surface area contributed by atoms with E-state index in [1.807, 2.05) is 0 Å². The van der Waals surface area contributed by atoms with Crippen LogP contribution in [0.5, 0.6) is 23.0 Å². The molecule has 140 valence electrons. The third-order valence-electron chi connectivity index (χ3n) is 3.83. The first-order chi connectivity index (χ1) is 13.0. The third-order valence-corrected chi connectivity index (χ3v) is 3.83. The second kappa shape index (κ2) is 7.82. The summed E-state index contributed by atoms with van der Waals surface area (Å²) in [5.41, 5.74) is -0.0146. The van der Waals surface area contributed by atoms with Crippen molar-refractivity contribution in [3.63, 3.8) is 0 Å². The third kappa shape index (κ3) is 4.03. The quantitative estimate of drug-likeness (QED) is 0.614. The van der Waals surface area contributed by atoms with E-state index in [2.05, 4.69) is 4.74 Å². The summed E-state index contributed by atoms with van der Waals surface area (Å²) in [7, 11) is 2.83. The van der Waals surface area contributed by atoms with Gasteiger partial charge in [0.15, 0.2) is 6.10 Å². The Morgan fingerprint density at radius 2 is 1.81 bits per heavy atom. The van der Waals surface area contributed by atoms with E-state index in [9.17, 15) is 9.59 Å². The summed E-state index contributed by atoms with van der Waals surface area (Å²) in [4.78, 5) is 24.1. The highest BCUT2D eigenvalue weighted by Crippen LogP contribution is 2.26. The van der Waals surface area contributed by atoms with E-state index in [-0.39, 0.29) is 11.2 Å². The van der Waals surface area contributed by atoms with Gasteiger partial charge in [-0.05, 0) is 31.2 Å². The maximum absolute atomic E-state index is 12.6.